The third kappa shape index (κ3) is 2.07. The van der Waals surface area contributed by atoms with E-state index in [9.17, 15) is 9.59 Å². The van der Waals surface area contributed by atoms with Crippen molar-refractivity contribution in [1.29, 1.82) is 0 Å². The predicted molar refractivity (Wildman–Crippen MR) is 78.1 cm³/mol. The van der Waals surface area contributed by atoms with Crippen molar-refractivity contribution in [1.82, 2.24) is 19.6 Å². The van der Waals surface area contributed by atoms with Gasteiger partial charge in [0.2, 0.25) is 5.91 Å². The van der Waals surface area contributed by atoms with Gasteiger partial charge in [-0.15, -0.1) is 0 Å². The van der Waals surface area contributed by atoms with Crippen molar-refractivity contribution in [2.45, 2.75) is 26.3 Å². The number of imidazole rings is 1. The molecule has 6 nitrogen and oxygen atoms in total. The summed E-state index contributed by atoms with van der Waals surface area (Å²) in [6.07, 6.45) is 1.73. The van der Waals surface area contributed by atoms with Crippen LogP contribution in [-0.4, -0.2) is 44.7 Å². The van der Waals surface area contributed by atoms with Crippen molar-refractivity contribution in [3.63, 3.8) is 0 Å². The minimum atomic E-state index is -0.861. The van der Waals surface area contributed by atoms with Gasteiger partial charge in [0, 0.05) is 25.0 Å². The Morgan fingerprint density at radius 3 is 2.86 bits per heavy atom. The molecule has 1 aliphatic heterocycles. The number of carbonyl (C=O) groups excluding carboxylic acids is 2. The van der Waals surface area contributed by atoms with E-state index >= 15 is 0 Å². The topological polar surface area (TPSA) is 66.7 Å². The normalized spacial score (nSPS) is 17.9. The molecule has 1 aliphatic rings. The van der Waals surface area contributed by atoms with Gasteiger partial charge in [0.1, 0.15) is 16.9 Å². The molecule has 0 aromatic carbocycles. The van der Waals surface area contributed by atoms with Crippen LogP contribution in [0.3, 0.4) is 0 Å². The van der Waals surface area contributed by atoms with Crippen molar-refractivity contribution >= 4 is 17.5 Å². The first-order valence-corrected chi connectivity index (χ1v) is 6.96. The first-order chi connectivity index (χ1) is 9.91. The third-order valence-corrected chi connectivity index (χ3v) is 4.01. The van der Waals surface area contributed by atoms with Crippen molar-refractivity contribution in [3.8, 4) is 0 Å². The summed E-state index contributed by atoms with van der Waals surface area (Å²) in [5, 5.41) is 2.79. The number of amides is 2. The number of carbonyl (C=O) groups is 2. The SMILES string of the molecule is Cc1cccc2nc(C(=O)N3CCNC(=O)C3(C)C)cn12. The van der Waals surface area contributed by atoms with E-state index < -0.39 is 5.54 Å². The fourth-order valence-electron chi connectivity index (χ4n) is 2.64. The molecule has 2 amide bonds. The van der Waals surface area contributed by atoms with E-state index in [-0.39, 0.29) is 11.8 Å². The molecule has 0 unspecified atom stereocenters. The van der Waals surface area contributed by atoms with Crippen molar-refractivity contribution in [2.24, 2.45) is 0 Å². The first kappa shape index (κ1) is 13.6. The Labute approximate surface area is 122 Å². The van der Waals surface area contributed by atoms with E-state index in [4.69, 9.17) is 0 Å². The molecule has 110 valence electrons. The van der Waals surface area contributed by atoms with E-state index in [0.717, 1.165) is 11.3 Å². The van der Waals surface area contributed by atoms with Crippen LogP contribution in [-0.2, 0) is 4.79 Å². The lowest BCUT2D eigenvalue weighted by atomic mass is 9.98. The molecule has 0 radical (unpaired) electrons. The second-order valence-corrected chi connectivity index (χ2v) is 5.79. The van der Waals surface area contributed by atoms with Gasteiger partial charge in [0.25, 0.3) is 5.91 Å². The highest BCUT2D eigenvalue weighted by Gasteiger charge is 2.41. The molecule has 0 atom stereocenters. The zero-order chi connectivity index (χ0) is 15.2. The number of fused-ring (bicyclic) bond motifs is 1. The highest BCUT2D eigenvalue weighted by Crippen LogP contribution is 2.21. The number of pyridine rings is 1. The molecule has 0 spiro atoms. The molecular weight excluding hydrogens is 268 g/mol. The average molecular weight is 286 g/mol. The second-order valence-electron chi connectivity index (χ2n) is 5.79. The van der Waals surface area contributed by atoms with E-state index in [1.165, 1.54) is 0 Å². The number of nitrogens with one attached hydrogen (secondary N) is 1. The van der Waals surface area contributed by atoms with Crippen LogP contribution in [0.15, 0.2) is 24.4 Å². The van der Waals surface area contributed by atoms with Gasteiger partial charge in [-0.1, -0.05) is 6.07 Å². The van der Waals surface area contributed by atoms with Crippen LogP contribution in [0.25, 0.3) is 5.65 Å². The molecule has 1 saturated heterocycles. The number of rotatable bonds is 1. The molecule has 6 heteroatoms. The first-order valence-electron chi connectivity index (χ1n) is 6.96. The van der Waals surface area contributed by atoms with Crippen LogP contribution < -0.4 is 5.32 Å². The maximum absolute atomic E-state index is 12.7. The van der Waals surface area contributed by atoms with E-state index in [2.05, 4.69) is 10.3 Å². The molecule has 1 fully saturated rings. The Morgan fingerprint density at radius 1 is 1.38 bits per heavy atom. The summed E-state index contributed by atoms with van der Waals surface area (Å²) in [5.74, 6) is -0.347. The van der Waals surface area contributed by atoms with E-state index in [1.54, 1.807) is 24.9 Å². The van der Waals surface area contributed by atoms with Crippen LogP contribution >= 0.6 is 0 Å². The van der Waals surface area contributed by atoms with Crippen LogP contribution in [0, 0.1) is 6.92 Å². The van der Waals surface area contributed by atoms with Gasteiger partial charge < -0.3 is 14.6 Å². The van der Waals surface area contributed by atoms with Gasteiger partial charge >= 0.3 is 0 Å². The lowest BCUT2D eigenvalue weighted by molar-refractivity contribution is -0.133. The number of piperazine rings is 1. The third-order valence-electron chi connectivity index (χ3n) is 4.01. The molecule has 0 bridgehead atoms. The lowest BCUT2D eigenvalue weighted by Crippen LogP contribution is -2.63. The molecule has 0 aliphatic carbocycles. The van der Waals surface area contributed by atoms with Gasteiger partial charge in [0.05, 0.1) is 0 Å². The molecule has 3 heterocycles. The maximum atomic E-state index is 12.7. The predicted octanol–water partition coefficient (Wildman–Crippen LogP) is 0.993. The lowest BCUT2D eigenvalue weighted by Gasteiger charge is -2.40. The average Bonchev–Trinajstić information content (AvgIpc) is 2.87. The van der Waals surface area contributed by atoms with Gasteiger partial charge in [-0.25, -0.2) is 4.98 Å². The largest absolute Gasteiger partial charge is 0.352 e. The summed E-state index contributed by atoms with van der Waals surface area (Å²) >= 11 is 0. The van der Waals surface area contributed by atoms with Gasteiger partial charge in [-0.2, -0.15) is 0 Å². The Hall–Kier alpha value is -2.37. The Kier molecular flexibility index (Phi) is 2.97. The number of aromatic nitrogens is 2. The standard InChI is InChI=1S/C15H18N4O2/c1-10-5-4-6-12-17-11(9-18(10)12)13(20)19-8-7-16-14(21)15(19,2)3/h4-6,9H,7-8H2,1-3H3,(H,16,21). The summed E-state index contributed by atoms with van der Waals surface area (Å²) in [6, 6.07) is 5.73. The van der Waals surface area contributed by atoms with Crippen LogP contribution in [0.4, 0.5) is 0 Å². The molecule has 21 heavy (non-hydrogen) atoms. The Bertz CT molecular complexity index is 732. The number of hydrogen-bond donors (Lipinski definition) is 1. The molecule has 3 rings (SSSR count). The van der Waals surface area contributed by atoms with Gasteiger partial charge in [-0.05, 0) is 32.9 Å². The molecule has 0 saturated carbocycles. The van der Waals surface area contributed by atoms with Crippen molar-refractivity contribution < 1.29 is 9.59 Å². The minimum absolute atomic E-state index is 0.137. The maximum Gasteiger partial charge on any atom is 0.275 e. The van der Waals surface area contributed by atoms with Crippen molar-refractivity contribution in [3.05, 3.63) is 35.8 Å². The number of aryl methyl sites for hydroxylation is 1. The summed E-state index contributed by atoms with van der Waals surface area (Å²) in [5.41, 5.74) is 1.25. The van der Waals surface area contributed by atoms with Crippen LogP contribution in [0.5, 0.6) is 0 Å². The summed E-state index contributed by atoms with van der Waals surface area (Å²) in [4.78, 5) is 30.6. The van der Waals surface area contributed by atoms with Crippen molar-refractivity contribution in [2.75, 3.05) is 13.1 Å². The molecule has 2 aromatic rings. The second kappa shape index (κ2) is 4.58. The molecule has 2 aromatic heterocycles. The summed E-state index contributed by atoms with van der Waals surface area (Å²) in [6.45, 7) is 6.42. The van der Waals surface area contributed by atoms with Crippen LogP contribution in [0.2, 0.25) is 0 Å². The number of nitrogens with zero attached hydrogens (tertiary/aromatic N) is 3. The summed E-state index contributed by atoms with van der Waals surface area (Å²) in [7, 11) is 0. The Balaban J connectivity index is 2.00. The highest BCUT2D eigenvalue weighted by molar-refractivity contribution is 5.98. The fraction of sp³-hybridized carbons (Fsp3) is 0.400. The fourth-order valence-corrected chi connectivity index (χ4v) is 2.64. The molecule has 1 N–H and O–H groups in total. The van der Waals surface area contributed by atoms with E-state index in [1.807, 2.05) is 29.5 Å². The molecular formula is C15H18N4O2. The van der Waals surface area contributed by atoms with Crippen LogP contribution in [0.1, 0.15) is 30.0 Å². The summed E-state index contributed by atoms with van der Waals surface area (Å²) < 4.78 is 1.88. The van der Waals surface area contributed by atoms with Gasteiger partial charge in [0.15, 0.2) is 0 Å². The minimum Gasteiger partial charge on any atom is -0.352 e. The van der Waals surface area contributed by atoms with Gasteiger partial charge in [-0.3, -0.25) is 9.59 Å². The number of hydrogen-bond acceptors (Lipinski definition) is 3. The van der Waals surface area contributed by atoms with E-state index in [0.29, 0.717) is 18.8 Å². The Morgan fingerprint density at radius 2 is 2.14 bits per heavy atom. The quantitative estimate of drug-likeness (QED) is 0.850. The monoisotopic (exact) mass is 286 g/mol. The highest BCUT2D eigenvalue weighted by atomic mass is 16.2. The zero-order valence-electron chi connectivity index (χ0n) is 12.4. The zero-order valence-corrected chi connectivity index (χ0v) is 12.4. The smallest absolute Gasteiger partial charge is 0.275 e.